The first-order valence-electron chi connectivity index (χ1n) is 6.24. The summed E-state index contributed by atoms with van der Waals surface area (Å²) in [6.45, 7) is 4.07. The molecule has 0 aromatic carbocycles. The molecule has 0 amide bonds. The van der Waals surface area contributed by atoms with E-state index in [2.05, 4.69) is 25.6 Å². The molecule has 0 aliphatic heterocycles. The predicted molar refractivity (Wildman–Crippen MR) is 69.8 cm³/mol. The van der Waals surface area contributed by atoms with Gasteiger partial charge in [-0.1, -0.05) is 0 Å². The fourth-order valence-electron chi connectivity index (χ4n) is 1.59. The first-order chi connectivity index (χ1) is 9.88. The molecule has 2 heterocycles. The molecule has 0 spiro atoms. The molecular formula is C12H14F3N5O. The van der Waals surface area contributed by atoms with Crippen LogP contribution in [0.2, 0.25) is 0 Å². The fraction of sp³-hybridized carbons (Fsp3) is 0.417. The Hall–Kier alpha value is -2.32. The molecule has 2 aromatic rings. The number of hydrogen-bond acceptors (Lipinski definition) is 6. The minimum atomic E-state index is -4.61. The van der Waals surface area contributed by atoms with E-state index in [0.29, 0.717) is 18.2 Å². The highest BCUT2D eigenvalue weighted by Gasteiger charge is 2.35. The second kappa shape index (κ2) is 5.98. The predicted octanol–water partition coefficient (Wildman–Crippen LogP) is 2.84. The Morgan fingerprint density at radius 1 is 1.19 bits per heavy atom. The quantitative estimate of drug-likeness (QED) is 0.884. The molecule has 0 unspecified atom stereocenters. The van der Waals surface area contributed by atoms with Crippen LogP contribution >= 0.6 is 0 Å². The zero-order valence-electron chi connectivity index (χ0n) is 11.5. The van der Waals surface area contributed by atoms with Crippen LogP contribution < -0.4 is 10.6 Å². The van der Waals surface area contributed by atoms with Crippen molar-refractivity contribution < 1.29 is 17.6 Å². The third-order valence-corrected chi connectivity index (χ3v) is 2.43. The Balaban J connectivity index is 2.19. The molecule has 21 heavy (non-hydrogen) atoms. The molecule has 0 saturated carbocycles. The summed E-state index contributed by atoms with van der Waals surface area (Å²) in [6, 6.07) is 1.40. The second-order valence-electron chi connectivity index (χ2n) is 4.21. The standard InChI is InChI=1S/C12H14F3N5O/c1-3-16-8-4-9(20-11(19-8)12(13,14)15)17-6-10-18-5-7(2)21-10/h4-5H,3,6H2,1-2H3,(H2,16,17,19,20). The van der Waals surface area contributed by atoms with Gasteiger partial charge in [0, 0.05) is 12.6 Å². The van der Waals surface area contributed by atoms with Crippen molar-refractivity contribution in [1.29, 1.82) is 0 Å². The van der Waals surface area contributed by atoms with Crippen molar-refractivity contribution in [2.45, 2.75) is 26.6 Å². The smallest absolute Gasteiger partial charge is 0.444 e. The summed E-state index contributed by atoms with van der Waals surface area (Å²) in [5.41, 5.74) is 0. The number of alkyl halides is 3. The molecule has 0 fully saturated rings. The topological polar surface area (TPSA) is 75.9 Å². The van der Waals surface area contributed by atoms with Crippen LogP contribution in [0.3, 0.4) is 0 Å². The van der Waals surface area contributed by atoms with Gasteiger partial charge in [0.15, 0.2) is 0 Å². The Morgan fingerprint density at radius 3 is 2.38 bits per heavy atom. The van der Waals surface area contributed by atoms with E-state index >= 15 is 0 Å². The molecule has 2 N–H and O–H groups in total. The van der Waals surface area contributed by atoms with Gasteiger partial charge in [-0.15, -0.1) is 0 Å². The molecule has 0 saturated heterocycles. The SMILES string of the molecule is CCNc1cc(NCc2ncc(C)o2)nc(C(F)(F)F)n1. The lowest BCUT2D eigenvalue weighted by molar-refractivity contribution is -0.144. The maximum atomic E-state index is 12.7. The molecule has 6 nitrogen and oxygen atoms in total. The average Bonchev–Trinajstić information content (AvgIpc) is 2.81. The van der Waals surface area contributed by atoms with Gasteiger partial charge in [0.1, 0.15) is 17.4 Å². The van der Waals surface area contributed by atoms with Gasteiger partial charge in [0.05, 0.1) is 12.7 Å². The zero-order chi connectivity index (χ0) is 15.5. The van der Waals surface area contributed by atoms with Crippen molar-refractivity contribution in [3.8, 4) is 0 Å². The summed E-state index contributed by atoms with van der Waals surface area (Å²) in [7, 11) is 0. The summed E-state index contributed by atoms with van der Waals surface area (Å²) < 4.78 is 43.5. The van der Waals surface area contributed by atoms with E-state index in [1.807, 2.05) is 0 Å². The minimum Gasteiger partial charge on any atom is -0.444 e. The van der Waals surface area contributed by atoms with Crippen LogP contribution in [0, 0.1) is 6.92 Å². The van der Waals surface area contributed by atoms with Gasteiger partial charge in [0.25, 0.3) is 0 Å². The molecular weight excluding hydrogens is 287 g/mol. The molecule has 0 atom stereocenters. The number of aryl methyl sites for hydroxylation is 1. The van der Waals surface area contributed by atoms with Crippen LogP contribution in [0.5, 0.6) is 0 Å². The van der Waals surface area contributed by atoms with Crippen LogP contribution in [0.15, 0.2) is 16.7 Å². The van der Waals surface area contributed by atoms with Gasteiger partial charge in [0.2, 0.25) is 11.7 Å². The lowest BCUT2D eigenvalue weighted by Gasteiger charge is -2.11. The van der Waals surface area contributed by atoms with Gasteiger partial charge < -0.3 is 15.1 Å². The maximum absolute atomic E-state index is 12.7. The van der Waals surface area contributed by atoms with Crippen molar-refractivity contribution in [3.63, 3.8) is 0 Å². The average molecular weight is 301 g/mol. The number of hydrogen-bond donors (Lipinski definition) is 2. The zero-order valence-corrected chi connectivity index (χ0v) is 11.5. The Labute approximate surface area is 118 Å². The number of aromatic nitrogens is 3. The number of nitrogens with one attached hydrogen (secondary N) is 2. The minimum absolute atomic E-state index is 0.0455. The number of halogens is 3. The first-order valence-corrected chi connectivity index (χ1v) is 6.24. The number of nitrogens with zero attached hydrogens (tertiary/aromatic N) is 3. The second-order valence-corrected chi connectivity index (χ2v) is 4.21. The van der Waals surface area contributed by atoms with Gasteiger partial charge >= 0.3 is 6.18 Å². The Morgan fingerprint density at radius 2 is 1.86 bits per heavy atom. The summed E-state index contributed by atoms with van der Waals surface area (Å²) in [5, 5.41) is 5.47. The summed E-state index contributed by atoms with van der Waals surface area (Å²) in [5.74, 6) is -0.0643. The highest BCUT2D eigenvalue weighted by Crippen LogP contribution is 2.28. The largest absolute Gasteiger partial charge is 0.451 e. The van der Waals surface area contributed by atoms with Crippen molar-refractivity contribution in [2.75, 3.05) is 17.2 Å². The number of anilines is 2. The highest BCUT2D eigenvalue weighted by atomic mass is 19.4. The van der Waals surface area contributed by atoms with Crippen molar-refractivity contribution in [3.05, 3.63) is 29.7 Å². The summed E-state index contributed by atoms with van der Waals surface area (Å²) in [6.07, 6.45) is -3.08. The van der Waals surface area contributed by atoms with Crippen LogP contribution in [0.4, 0.5) is 24.8 Å². The van der Waals surface area contributed by atoms with Crippen molar-refractivity contribution in [2.24, 2.45) is 0 Å². The van der Waals surface area contributed by atoms with Gasteiger partial charge in [-0.3, -0.25) is 0 Å². The lowest BCUT2D eigenvalue weighted by atomic mass is 10.4. The molecule has 0 aliphatic rings. The number of oxazole rings is 1. The van der Waals surface area contributed by atoms with Crippen molar-refractivity contribution in [1.82, 2.24) is 15.0 Å². The highest BCUT2D eigenvalue weighted by molar-refractivity contribution is 5.47. The van der Waals surface area contributed by atoms with E-state index in [0.717, 1.165) is 0 Å². The molecule has 0 radical (unpaired) electrons. The monoisotopic (exact) mass is 301 g/mol. The molecule has 0 bridgehead atoms. The van der Waals surface area contributed by atoms with Crippen LogP contribution in [0.25, 0.3) is 0 Å². The van der Waals surface area contributed by atoms with Gasteiger partial charge in [-0.25, -0.2) is 15.0 Å². The van der Waals surface area contributed by atoms with E-state index in [1.165, 1.54) is 12.3 Å². The summed E-state index contributed by atoms with van der Waals surface area (Å²) in [4.78, 5) is 10.8. The Kier molecular flexibility index (Phi) is 4.29. The van der Waals surface area contributed by atoms with E-state index in [1.54, 1.807) is 13.8 Å². The Bertz CT molecular complexity index is 611. The molecule has 2 rings (SSSR count). The number of rotatable bonds is 5. The molecule has 2 aromatic heterocycles. The van der Waals surface area contributed by atoms with Gasteiger partial charge in [-0.2, -0.15) is 13.2 Å². The first kappa shape index (κ1) is 15.1. The van der Waals surface area contributed by atoms with Crippen molar-refractivity contribution >= 4 is 11.6 Å². The van der Waals surface area contributed by atoms with E-state index in [9.17, 15) is 13.2 Å². The fourth-order valence-corrected chi connectivity index (χ4v) is 1.59. The maximum Gasteiger partial charge on any atom is 0.451 e. The summed E-state index contributed by atoms with van der Waals surface area (Å²) >= 11 is 0. The van der Waals surface area contributed by atoms with E-state index in [-0.39, 0.29) is 18.2 Å². The lowest BCUT2D eigenvalue weighted by Crippen LogP contribution is -2.15. The molecule has 0 aliphatic carbocycles. The van der Waals surface area contributed by atoms with Crippen LogP contribution in [-0.4, -0.2) is 21.5 Å². The third kappa shape index (κ3) is 4.07. The van der Waals surface area contributed by atoms with E-state index in [4.69, 9.17) is 4.42 Å². The molecule has 114 valence electrons. The van der Waals surface area contributed by atoms with Crippen LogP contribution in [-0.2, 0) is 12.7 Å². The van der Waals surface area contributed by atoms with E-state index < -0.39 is 12.0 Å². The van der Waals surface area contributed by atoms with Gasteiger partial charge in [-0.05, 0) is 13.8 Å². The normalized spacial score (nSPS) is 11.5. The molecule has 9 heteroatoms. The van der Waals surface area contributed by atoms with Crippen LogP contribution in [0.1, 0.15) is 24.4 Å². The third-order valence-electron chi connectivity index (χ3n) is 2.43.